The van der Waals surface area contributed by atoms with Gasteiger partial charge in [0.05, 0.1) is 26.2 Å². The number of amides is 2. The molecule has 0 radical (unpaired) electrons. The van der Waals surface area contributed by atoms with Crippen molar-refractivity contribution >= 4 is 17.7 Å². The van der Waals surface area contributed by atoms with Crippen LogP contribution in [-0.2, 0) is 22.5 Å². The smallest absolute Gasteiger partial charge is 0.319 e. The first-order valence-electron chi connectivity index (χ1n) is 11.8. The average molecular weight is 492 g/mol. The highest BCUT2D eigenvalue weighted by molar-refractivity contribution is 5.91. The molecule has 1 atom stereocenters. The summed E-state index contributed by atoms with van der Waals surface area (Å²) in [5.74, 6) is -0.234. The Morgan fingerprint density at radius 2 is 1.89 bits per heavy atom. The van der Waals surface area contributed by atoms with E-state index in [1.807, 2.05) is 42.5 Å². The molecule has 36 heavy (non-hydrogen) atoms. The Kier molecular flexibility index (Phi) is 7.58. The summed E-state index contributed by atoms with van der Waals surface area (Å²) in [5, 5.41) is 15.6. The fourth-order valence-corrected chi connectivity index (χ4v) is 4.36. The molecule has 0 aliphatic carbocycles. The second-order valence-corrected chi connectivity index (χ2v) is 8.48. The lowest BCUT2D eigenvalue weighted by Crippen LogP contribution is -2.36. The number of benzene rings is 2. The molecule has 1 aliphatic rings. The average Bonchev–Trinajstić information content (AvgIpc) is 3.35. The van der Waals surface area contributed by atoms with Gasteiger partial charge < -0.3 is 29.8 Å². The van der Waals surface area contributed by atoms with Gasteiger partial charge in [0.25, 0.3) is 5.56 Å². The number of carbonyl (C=O) groups excluding carboxylic acids is 2. The third-order valence-corrected chi connectivity index (χ3v) is 6.07. The molecule has 1 aromatic heterocycles. The van der Waals surface area contributed by atoms with Crippen LogP contribution in [0, 0.1) is 0 Å². The van der Waals surface area contributed by atoms with Crippen molar-refractivity contribution in [2.24, 2.45) is 0 Å². The molecule has 9 nitrogen and oxygen atoms in total. The second kappa shape index (κ2) is 11.0. The van der Waals surface area contributed by atoms with E-state index >= 15 is 0 Å². The number of esters is 1. The van der Waals surface area contributed by atoms with Gasteiger partial charge in [-0.25, -0.2) is 4.79 Å². The van der Waals surface area contributed by atoms with Crippen LogP contribution in [0.1, 0.15) is 37.1 Å². The lowest BCUT2D eigenvalue weighted by Gasteiger charge is -2.21. The van der Waals surface area contributed by atoms with Crippen LogP contribution in [-0.4, -0.2) is 35.4 Å². The first kappa shape index (κ1) is 24.8. The number of hydrogen-bond donors (Lipinski definition) is 3. The monoisotopic (exact) mass is 491 g/mol. The van der Waals surface area contributed by atoms with Gasteiger partial charge >= 0.3 is 12.0 Å². The first-order chi connectivity index (χ1) is 17.4. The van der Waals surface area contributed by atoms with E-state index in [1.165, 1.54) is 6.07 Å². The van der Waals surface area contributed by atoms with Crippen molar-refractivity contribution in [3.05, 3.63) is 76.2 Å². The lowest BCUT2D eigenvalue weighted by molar-refractivity contribution is -0.143. The number of aromatic hydroxyl groups is 1. The van der Waals surface area contributed by atoms with Crippen molar-refractivity contribution in [2.45, 2.75) is 38.8 Å². The molecule has 2 aromatic carbocycles. The van der Waals surface area contributed by atoms with Crippen molar-refractivity contribution in [1.29, 1.82) is 0 Å². The number of aromatic nitrogens is 1. The molecule has 9 heteroatoms. The van der Waals surface area contributed by atoms with Gasteiger partial charge in [-0.15, -0.1) is 0 Å². The van der Waals surface area contributed by atoms with E-state index in [2.05, 4.69) is 10.6 Å². The lowest BCUT2D eigenvalue weighted by atomic mass is 9.97. The van der Waals surface area contributed by atoms with E-state index in [-0.39, 0.29) is 24.5 Å². The largest absolute Gasteiger partial charge is 0.505 e. The molecule has 1 aliphatic heterocycles. The second-order valence-electron chi connectivity index (χ2n) is 8.48. The van der Waals surface area contributed by atoms with E-state index < -0.39 is 23.6 Å². The molecule has 0 bridgehead atoms. The third-order valence-electron chi connectivity index (χ3n) is 6.07. The molecule has 3 N–H and O–H groups in total. The van der Waals surface area contributed by atoms with Crippen molar-refractivity contribution in [2.75, 3.05) is 19.0 Å². The molecule has 0 saturated carbocycles. The van der Waals surface area contributed by atoms with E-state index in [4.69, 9.17) is 9.47 Å². The maximum atomic E-state index is 13.0. The number of fused-ring (bicyclic) bond motifs is 1. The number of hydrogen-bond acceptors (Lipinski definition) is 6. The predicted molar refractivity (Wildman–Crippen MR) is 135 cm³/mol. The Balaban J connectivity index is 1.64. The Labute approximate surface area is 208 Å². The third kappa shape index (κ3) is 5.51. The maximum Gasteiger partial charge on any atom is 0.319 e. The molecular formula is C27H29N3O6. The highest BCUT2D eigenvalue weighted by Gasteiger charge is 2.24. The minimum Gasteiger partial charge on any atom is -0.505 e. The number of urea groups is 1. The summed E-state index contributed by atoms with van der Waals surface area (Å²) >= 11 is 0. The molecule has 2 amide bonds. The molecule has 2 heterocycles. The summed E-state index contributed by atoms with van der Waals surface area (Å²) in [4.78, 5) is 38.2. The Morgan fingerprint density at radius 3 is 2.61 bits per heavy atom. The summed E-state index contributed by atoms with van der Waals surface area (Å²) in [6.07, 6.45) is 1.35. The van der Waals surface area contributed by atoms with Gasteiger partial charge in [0, 0.05) is 18.3 Å². The van der Waals surface area contributed by atoms with Crippen LogP contribution in [0.3, 0.4) is 0 Å². The minimum atomic E-state index is -0.791. The number of methoxy groups -OCH3 is 1. The van der Waals surface area contributed by atoms with E-state index in [0.29, 0.717) is 24.3 Å². The molecule has 4 rings (SSSR count). The number of ether oxygens (including phenoxy) is 2. The number of carbonyl (C=O) groups is 2. The van der Waals surface area contributed by atoms with Gasteiger partial charge in [-0.1, -0.05) is 30.3 Å². The van der Waals surface area contributed by atoms with Crippen LogP contribution in [0.4, 0.5) is 10.5 Å². The van der Waals surface area contributed by atoms with Gasteiger partial charge in [0.15, 0.2) is 5.69 Å². The van der Waals surface area contributed by atoms with Crippen LogP contribution < -0.4 is 20.9 Å². The summed E-state index contributed by atoms with van der Waals surface area (Å²) in [6, 6.07) is 15.1. The van der Waals surface area contributed by atoms with E-state index in [1.54, 1.807) is 24.7 Å². The van der Waals surface area contributed by atoms with Gasteiger partial charge in [-0.3, -0.25) is 9.59 Å². The zero-order valence-corrected chi connectivity index (χ0v) is 20.2. The molecule has 0 unspecified atom stereocenters. The topological polar surface area (TPSA) is 119 Å². The highest BCUT2D eigenvalue weighted by Crippen LogP contribution is 2.31. The highest BCUT2D eigenvalue weighted by atomic mass is 16.5. The normalized spacial score (nSPS) is 12.9. The Bertz CT molecular complexity index is 1320. The van der Waals surface area contributed by atoms with Crippen LogP contribution in [0.15, 0.2) is 59.4 Å². The quantitative estimate of drug-likeness (QED) is 0.410. The van der Waals surface area contributed by atoms with Gasteiger partial charge in [0.2, 0.25) is 0 Å². The van der Waals surface area contributed by atoms with Crippen LogP contribution in [0.5, 0.6) is 11.5 Å². The molecule has 0 fully saturated rings. The first-order valence-corrected chi connectivity index (χ1v) is 11.8. The Hall–Kier alpha value is -4.27. The van der Waals surface area contributed by atoms with E-state index in [0.717, 1.165) is 23.2 Å². The van der Waals surface area contributed by atoms with Gasteiger partial charge in [-0.05, 0) is 54.7 Å². The van der Waals surface area contributed by atoms with Crippen molar-refractivity contribution < 1.29 is 24.2 Å². The molecule has 0 spiro atoms. The van der Waals surface area contributed by atoms with E-state index in [9.17, 15) is 19.5 Å². The number of aryl methyl sites for hydroxylation is 1. The number of anilines is 1. The number of nitrogens with zero attached hydrogens (tertiary/aromatic N) is 1. The molecule has 0 saturated heterocycles. The van der Waals surface area contributed by atoms with Crippen LogP contribution in [0.2, 0.25) is 0 Å². The molecule has 3 aromatic rings. The summed E-state index contributed by atoms with van der Waals surface area (Å²) in [7, 11) is 1.54. The summed E-state index contributed by atoms with van der Waals surface area (Å²) < 4.78 is 12.1. The fourth-order valence-electron chi connectivity index (χ4n) is 4.36. The van der Waals surface area contributed by atoms with Crippen molar-refractivity contribution in [1.82, 2.24) is 9.88 Å². The predicted octanol–water partition coefficient (Wildman–Crippen LogP) is 3.99. The minimum absolute atomic E-state index is 0.141. The van der Waals surface area contributed by atoms with Crippen molar-refractivity contribution in [3.63, 3.8) is 0 Å². The number of nitrogens with one attached hydrogen (secondary N) is 2. The fraction of sp³-hybridized carbons (Fsp3) is 0.296. The van der Waals surface area contributed by atoms with Crippen molar-refractivity contribution in [3.8, 4) is 22.6 Å². The summed E-state index contributed by atoms with van der Waals surface area (Å²) in [5.41, 5.74) is 2.46. The Morgan fingerprint density at radius 1 is 1.11 bits per heavy atom. The number of rotatable bonds is 8. The zero-order valence-electron chi connectivity index (χ0n) is 20.2. The van der Waals surface area contributed by atoms with Crippen LogP contribution in [0.25, 0.3) is 11.1 Å². The van der Waals surface area contributed by atoms with Gasteiger partial charge in [-0.2, -0.15) is 0 Å². The standard InChI is InChI=1S/C27H29N3O6/c1-3-36-24(32)16-22(19-12-18(13-21(14-19)35-2)17-8-5-4-6-9-17)28-27(34)29-25-23(31)15-20-10-7-11-30(20)26(25)33/h4-6,8-9,12-15,22,31H,3,7,10-11,16H2,1-2H3,(H2,28,29,34)/t22-/m0/s1. The summed E-state index contributed by atoms with van der Waals surface area (Å²) in [6.45, 7) is 2.43. The molecule has 188 valence electrons. The van der Waals surface area contributed by atoms with Crippen LogP contribution >= 0.6 is 0 Å². The SMILES string of the molecule is CCOC(=O)C[C@H](NC(=O)Nc1c(O)cc2n(c1=O)CCC2)c1cc(OC)cc(-c2ccccc2)c1. The maximum absolute atomic E-state index is 13.0. The zero-order chi connectivity index (χ0) is 25.7. The molecular weight excluding hydrogens is 462 g/mol. The number of pyridine rings is 1. The van der Waals surface area contributed by atoms with Gasteiger partial charge in [0.1, 0.15) is 11.5 Å².